The number of hydrogen-bond acceptors (Lipinski definition) is 5. The van der Waals surface area contributed by atoms with Gasteiger partial charge in [0, 0.05) is 24.2 Å². The standard InChI is InChI=1S/C24H31N5O3/c1-15(2)29-21-18(13-25-29)12-19(16(3)26-21)22(30)27-20-11-9-8-10-17(20)14-28(7)23(31)32-24(4,5)6/h8-13,15H,14H2,1-7H3,(H,27,30). The molecule has 2 aromatic heterocycles. The maximum atomic E-state index is 13.1. The van der Waals surface area contributed by atoms with Crippen LogP contribution >= 0.6 is 0 Å². The Bertz CT molecular complexity index is 1140. The normalized spacial score (nSPS) is 11.6. The van der Waals surface area contributed by atoms with Crippen LogP contribution in [-0.2, 0) is 11.3 Å². The molecule has 3 aromatic rings. The van der Waals surface area contributed by atoms with E-state index in [0.29, 0.717) is 23.5 Å². The van der Waals surface area contributed by atoms with Crippen LogP contribution in [0.15, 0.2) is 36.5 Å². The summed E-state index contributed by atoms with van der Waals surface area (Å²) in [6.45, 7) is 11.7. The number of carbonyl (C=O) groups is 2. The molecule has 3 rings (SSSR count). The third kappa shape index (κ3) is 5.25. The molecule has 0 unspecified atom stereocenters. The molecule has 8 nitrogen and oxygen atoms in total. The van der Waals surface area contributed by atoms with Crippen molar-refractivity contribution in [2.24, 2.45) is 0 Å². The first kappa shape index (κ1) is 23.2. The molecule has 0 saturated carbocycles. The fraction of sp³-hybridized carbons (Fsp3) is 0.417. The average Bonchev–Trinajstić information content (AvgIpc) is 3.10. The van der Waals surface area contributed by atoms with Gasteiger partial charge >= 0.3 is 6.09 Å². The molecule has 170 valence electrons. The predicted molar refractivity (Wildman–Crippen MR) is 125 cm³/mol. The van der Waals surface area contributed by atoms with E-state index in [2.05, 4.69) is 15.4 Å². The van der Waals surface area contributed by atoms with E-state index in [1.54, 1.807) is 13.2 Å². The number of hydrogen-bond donors (Lipinski definition) is 1. The Morgan fingerprint density at radius 1 is 1.22 bits per heavy atom. The van der Waals surface area contributed by atoms with Crippen LogP contribution in [0, 0.1) is 6.92 Å². The lowest BCUT2D eigenvalue weighted by molar-refractivity contribution is 0.0285. The number of nitrogens with one attached hydrogen (secondary N) is 1. The highest BCUT2D eigenvalue weighted by Gasteiger charge is 2.21. The van der Waals surface area contributed by atoms with Crippen molar-refractivity contribution in [3.8, 4) is 0 Å². The molecule has 0 fully saturated rings. The largest absolute Gasteiger partial charge is 0.444 e. The van der Waals surface area contributed by atoms with E-state index in [1.807, 2.05) is 76.6 Å². The van der Waals surface area contributed by atoms with Crippen molar-refractivity contribution >= 4 is 28.7 Å². The molecule has 0 saturated heterocycles. The number of ether oxygens (including phenoxy) is 1. The molecular formula is C24H31N5O3. The fourth-order valence-electron chi connectivity index (χ4n) is 3.30. The van der Waals surface area contributed by atoms with Crippen LogP contribution in [-0.4, -0.2) is 44.3 Å². The highest BCUT2D eigenvalue weighted by atomic mass is 16.6. The fourth-order valence-corrected chi connectivity index (χ4v) is 3.30. The third-order valence-electron chi connectivity index (χ3n) is 4.87. The second kappa shape index (κ2) is 8.98. The van der Waals surface area contributed by atoms with Crippen molar-refractivity contribution in [1.82, 2.24) is 19.7 Å². The summed E-state index contributed by atoms with van der Waals surface area (Å²) in [5.41, 5.74) is 2.72. The lowest BCUT2D eigenvalue weighted by Gasteiger charge is -2.25. The molecule has 8 heteroatoms. The van der Waals surface area contributed by atoms with Crippen LogP contribution in [0.25, 0.3) is 11.0 Å². The monoisotopic (exact) mass is 437 g/mol. The van der Waals surface area contributed by atoms with Crippen LogP contribution in [0.3, 0.4) is 0 Å². The zero-order valence-corrected chi connectivity index (χ0v) is 19.8. The summed E-state index contributed by atoms with van der Waals surface area (Å²) >= 11 is 0. The molecule has 32 heavy (non-hydrogen) atoms. The summed E-state index contributed by atoms with van der Waals surface area (Å²) < 4.78 is 7.26. The lowest BCUT2D eigenvalue weighted by Crippen LogP contribution is -2.34. The van der Waals surface area contributed by atoms with Crippen molar-refractivity contribution < 1.29 is 14.3 Å². The van der Waals surface area contributed by atoms with Crippen LogP contribution < -0.4 is 5.32 Å². The number of rotatable bonds is 5. The molecule has 0 spiro atoms. The summed E-state index contributed by atoms with van der Waals surface area (Å²) in [5.74, 6) is -0.262. The van der Waals surface area contributed by atoms with Gasteiger partial charge in [-0.3, -0.25) is 4.79 Å². The first-order valence-corrected chi connectivity index (χ1v) is 10.6. The Labute approximate surface area is 188 Å². The van der Waals surface area contributed by atoms with Gasteiger partial charge in [-0.1, -0.05) is 18.2 Å². The van der Waals surface area contributed by atoms with Crippen molar-refractivity contribution in [2.75, 3.05) is 12.4 Å². The van der Waals surface area contributed by atoms with E-state index in [0.717, 1.165) is 16.6 Å². The van der Waals surface area contributed by atoms with Gasteiger partial charge in [0.2, 0.25) is 0 Å². The summed E-state index contributed by atoms with van der Waals surface area (Å²) in [6, 6.07) is 9.38. The molecule has 1 N–H and O–H groups in total. The molecule has 2 heterocycles. The molecule has 1 aromatic carbocycles. The van der Waals surface area contributed by atoms with Crippen LogP contribution in [0.1, 0.15) is 62.3 Å². The van der Waals surface area contributed by atoms with Crippen LogP contribution in [0.5, 0.6) is 0 Å². The van der Waals surface area contributed by atoms with E-state index in [9.17, 15) is 9.59 Å². The summed E-state index contributed by atoms with van der Waals surface area (Å²) in [4.78, 5) is 31.5. The van der Waals surface area contributed by atoms with Gasteiger partial charge < -0.3 is 15.0 Å². The number of para-hydroxylation sites is 1. The second-order valence-corrected chi connectivity index (χ2v) is 9.16. The van der Waals surface area contributed by atoms with Gasteiger partial charge in [0.1, 0.15) is 5.60 Å². The molecule has 0 atom stereocenters. The second-order valence-electron chi connectivity index (χ2n) is 9.16. The van der Waals surface area contributed by atoms with Gasteiger partial charge in [0.25, 0.3) is 5.91 Å². The minimum absolute atomic E-state index is 0.174. The van der Waals surface area contributed by atoms with E-state index in [4.69, 9.17) is 4.74 Å². The topological polar surface area (TPSA) is 89.4 Å². The van der Waals surface area contributed by atoms with Gasteiger partial charge in [-0.2, -0.15) is 5.10 Å². The third-order valence-corrected chi connectivity index (χ3v) is 4.87. The Morgan fingerprint density at radius 2 is 1.91 bits per heavy atom. The molecule has 0 aliphatic rings. The zero-order chi connectivity index (χ0) is 23.6. The Hall–Kier alpha value is -3.42. The van der Waals surface area contributed by atoms with Crippen molar-refractivity contribution in [3.63, 3.8) is 0 Å². The first-order chi connectivity index (χ1) is 15.0. The minimum Gasteiger partial charge on any atom is -0.444 e. The Balaban J connectivity index is 1.82. The van der Waals surface area contributed by atoms with Gasteiger partial charge in [0.15, 0.2) is 5.65 Å². The number of aromatic nitrogens is 3. The number of carbonyl (C=O) groups excluding carboxylic acids is 2. The number of aryl methyl sites for hydroxylation is 1. The smallest absolute Gasteiger partial charge is 0.410 e. The quantitative estimate of drug-likeness (QED) is 0.611. The SMILES string of the molecule is Cc1nc2c(cnn2C(C)C)cc1C(=O)Nc1ccccc1CN(C)C(=O)OC(C)(C)C. The Kier molecular flexibility index (Phi) is 6.52. The van der Waals surface area contributed by atoms with E-state index in [1.165, 1.54) is 4.90 Å². The van der Waals surface area contributed by atoms with Crippen LogP contribution in [0.2, 0.25) is 0 Å². The molecular weight excluding hydrogens is 406 g/mol. The highest BCUT2D eigenvalue weighted by molar-refractivity contribution is 6.07. The van der Waals surface area contributed by atoms with E-state index >= 15 is 0 Å². The molecule has 0 radical (unpaired) electrons. The summed E-state index contributed by atoms with van der Waals surface area (Å²) in [5, 5.41) is 8.16. The van der Waals surface area contributed by atoms with Crippen LogP contribution in [0.4, 0.5) is 10.5 Å². The lowest BCUT2D eigenvalue weighted by atomic mass is 10.1. The van der Waals surface area contributed by atoms with Gasteiger partial charge in [-0.15, -0.1) is 0 Å². The maximum Gasteiger partial charge on any atom is 0.410 e. The van der Waals surface area contributed by atoms with Gasteiger partial charge in [0.05, 0.1) is 24.0 Å². The number of fused-ring (bicyclic) bond motifs is 1. The van der Waals surface area contributed by atoms with Crippen molar-refractivity contribution in [1.29, 1.82) is 0 Å². The number of nitrogens with zero attached hydrogens (tertiary/aromatic N) is 4. The maximum absolute atomic E-state index is 13.1. The zero-order valence-electron chi connectivity index (χ0n) is 19.8. The molecule has 0 aliphatic heterocycles. The van der Waals surface area contributed by atoms with Gasteiger partial charge in [-0.05, 0) is 59.2 Å². The minimum atomic E-state index is -0.578. The number of anilines is 1. The Morgan fingerprint density at radius 3 is 2.56 bits per heavy atom. The highest BCUT2D eigenvalue weighted by Crippen LogP contribution is 2.22. The van der Waals surface area contributed by atoms with E-state index in [-0.39, 0.29) is 11.9 Å². The first-order valence-electron chi connectivity index (χ1n) is 10.6. The average molecular weight is 438 g/mol. The predicted octanol–water partition coefficient (Wildman–Crippen LogP) is 4.94. The van der Waals surface area contributed by atoms with Gasteiger partial charge in [-0.25, -0.2) is 14.5 Å². The molecule has 0 aliphatic carbocycles. The van der Waals surface area contributed by atoms with E-state index < -0.39 is 11.7 Å². The van der Waals surface area contributed by atoms with Crippen molar-refractivity contribution in [2.45, 2.75) is 59.7 Å². The molecule has 2 amide bonds. The van der Waals surface area contributed by atoms with Crippen molar-refractivity contribution in [3.05, 3.63) is 53.3 Å². The number of amides is 2. The summed E-state index contributed by atoms with van der Waals surface area (Å²) in [7, 11) is 1.67. The number of pyridine rings is 1. The summed E-state index contributed by atoms with van der Waals surface area (Å²) in [6.07, 6.45) is 1.30. The molecule has 0 bridgehead atoms. The number of benzene rings is 1.